The van der Waals surface area contributed by atoms with Crippen LogP contribution in [0.25, 0.3) is 0 Å². The molecular weight excluding hydrogens is 523 g/mol. The summed E-state index contributed by atoms with van der Waals surface area (Å²) in [4.78, 5) is 22.6. The van der Waals surface area contributed by atoms with Crippen LogP contribution in [0.4, 0.5) is 0 Å². The molecule has 0 radical (unpaired) electrons. The molecule has 1 amide bonds. The highest BCUT2D eigenvalue weighted by atomic mass is 127. The number of halogens is 1. The Kier molecular flexibility index (Phi) is 10.2. The van der Waals surface area contributed by atoms with Gasteiger partial charge in [-0.25, -0.2) is 0 Å². The van der Waals surface area contributed by atoms with E-state index in [4.69, 9.17) is 4.74 Å². The standard InChI is InChI=1S/C23H32N4O2S.HI/c1-17-15-27(16-18(2)29-17)22(28)20-9-7-19(8-10-20)14-25-23(24-3)26(4)12-11-21-6-5-13-30-21;/h5-10,13,17-18H,11-12,14-16H2,1-4H3,(H,24,25);1H. The molecule has 6 nitrogen and oxygen atoms in total. The number of thiophene rings is 1. The monoisotopic (exact) mass is 556 g/mol. The van der Waals surface area contributed by atoms with E-state index in [-0.39, 0.29) is 42.1 Å². The Morgan fingerprint density at radius 3 is 2.48 bits per heavy atom. The highest BCUT2D eigenvalue weighted by Gasteiger charge is 2.26. The summed E-state index contributed by atoms with van der Waals surface area (Å²) in [7, 11) is 3.85. The van der Waals surface area contributed by atoms with E-state index in [0.717, 1.165) is 30.1 Å². The van der Waals surface area contributed by atoms with Crippen molar-refractivity contribution in [1.29, 1.82) is 0 Å². The number of hydrogen-bond donors (Lipinski definition) is 1. The lowest BCUT2D eigenvalue weighted by atomic mass is 10.1. The maximum atomic E-state index is 12.8. The van der Waals surface area contributed by atoms with Gasteiger partial charge in [-0.1, -0.05) is 18.2 Å². The van der Waals surface area contributed by atoms with E-state index in [2.05, 4.69) is 39.8 Å². The zero-order valence-electron chi connectivity index (χ0n) is 18.7. The highest BCUT2D eigenvalue weighted by molar-refractivity contribution is 14.0. The number of morpholine rings is 1. The number of carbonyl (C=O) groups excluding carboxylic acids is 1. The number of ether oxygens (including phenoxy) is 1. The van der Waals surface area contributed by atoms with Crippen molar-refractivity contribution in [3.05, 3.63) is 57.8 Å². The van der Waals surface area contributed by atoms with Crippen molar-refractivity contribution in [1.82, 2.24) is 15.1 Å². The van der Waals surface area contributed by atoms with Crippen LogP contribution in [0.2, 0.25) is 0 Å². The van der Waals surface area contributed by atoms with E-state index < -0.39 is 0 Å². The fraction of sp³-hybridized carbons (Fsp3) is 0.478. The molecule has 0 spiro atoms. The van der Waals surface area contributed by atoms with Gasteiger partial charge in [0.05, 0.1) is 12.2 Å². The molecule has 1 N–H and O–H groups in total. The Balaban J connectivity index is 0.00000341. The molecule has 1 aliphatic heterocycles. The van der Waals surface area contributed by atoms with Gasteiger partial charge in [0.15, 0.2) is 5.96 Å². The van der Waals surface area contributed by atoms with Gasteiger partial charge in [-0.05, 0) is 49.4 Å². The first-order valence-corrected chi connectivity index (χ1v) is 11.3. The SMILES string of the molecule is CN=C(NCc1ccc(C(=O)N2CC(C)OC(C)C2)cc1)N(C)CCc1cccs1.I. The number of benzene rings is 1. The molecule has 2 atom stereocenters. The van der Waals surface area contributed by atoms with Crippen LogP contribution >= 0.6 is 35.3 Å². The molecule has 1 fully saturated rings. The molecule has 3 rings (SSSR count). The van der Waals surface area contributed by atoms with Crippen molar-refractivity contribution in [3.8, 4) is 0 Å². The van der Waals surface area contributed by atoms with Crippen LogP contribution in [0.15, 0.2) is 46.8 Å². The average Bonchev–Trinajstić information content (AvgIpc) is 3.25. The van der Waals surface area contributed by atoms with Crippen LogP contribution in [-0.2, 0) is 17.7 Å². The lowest BCUT2D eigenvalue weighted by Gasteiger charge is -2.35. The average molecular weight is 557 g/mol. The Morgan fingerprint density at radius 2 is 1.90 bits per heavy atom. The summed E-state index contributed by atoms with van der Waals surface area (Å²) in [5.41, 5.74) is 1.83. The first-order valence-electron chi connectivity index (χ1n) is 10.4. The number of likely N-dealkylation sites (N-methyl/N-ethyl adjacent to an activating group) is 1. The van der Waals surface area contributed by atoms with Gasteiger partial charge in [-0.2, -0.15) is 0 Å². The van der Waals surface area contributed by atoms with Crippen LogP contribution in [0.3, 0.4) is 0 Å². The van der Waals surface area contributed by atoms with Gasteiger partial charge in [-0.3, -0.25) is 9.79 Å². The second-order valence-corrected chi connectivity index (χ2v) is 8.85. The van der Waals surface area contributed by atoms with Gasteiger partial charge in [0.1, 0.15) is 0 Å². The van der Waals surface area contributed by atoms with E-state index >= 15 is 0 Å². The first-order chi connectivity index (χ1) is 14.5. The molecule has 1 aromatic carbocycles. The van der Waals surface area contributed by atoms with Crippen LogP contribution < -0.4 is 5.32 Å². The summed E-state index contributed by atoms with van der Waals surface area (Å²) in [6.07, 6.45) is 1.15. The van der Waals surface area contributed by atoms with Crippen LogP contribution in [0.5, 0.6) is 0 Å². The second kappa shape index (κ2) is 12.4. The second-order valence-electron chi connectivity index (χ2n) is 7.82. The number of amides is 1. The molecule has 0 saturated carbocycles. The summed E-state index contributed by atoms with van der Waals surface area (Å²) in [6, 6.07) is 12.1. The molecule has 1 aromatic heterocycles. The van der Waals surface area contributed by atoms with E-state index in [9.17, 15) is 4.79 Å². The first kappa shape index (κ1) is 25.6. The highest BCUT2D eigenvalue weighted by Crippen LogP contribution is 2.15. The number of guanidine groups is 1. The Bertz CT molecular complexity index is 832. The molecule has 0 bridgehead atoms. The van der Waals surface area contributed by atoms with Crippen LogP contribution in [0, 0.1) is 0 Å². The van der Waals surface area contributed by atoms with Crippen molar-refractivity contribution in [3.63, 3.8) is 0 Å². The third kappa shape index (κ3) is 7.47. The minimum absolute atomic E-state index is 0. The Hall–Kier alpha value is -1.65. The quantitative estimate of drug-likeness (QED) is 0.334. The number of aliphatic imine (C=N–C) groups is 1. The molecule has 2 aromatic rings. The van der Waals surface area contributed by atoms with E-state index in [1.807, 2.05) is 43.0 Å². The predicted molar refractivity (Wildman–Crippen MR) is 139 cm³/mol. The van der Waals surface area contributed by atoms with Crippen LogP contribution in [0.1, 0.15) is 34.6 Å². The van der Waals surface area contributed by atoms with Crippen molar-refractivity contribution < 1.29 is 9.53 Å². The fourth-order valence-corrected chi connectivity index (χ4v) is 4.39. The summed E-state index contributed by atoms with van der Waals surface area (Å²) in [5, 5.41) is 5.51. The molecule has 170 valence electrons. The van der Waals surface area contributed by atoms with Crippen molar-refractivity contribution in [2.75, 3.05) is 33.7 Å². The smallest absolute Gasteiger partial charge is 0.254 e. The van der Waals surface area contributed by atoms with Gasteiger partial charge in [0.25, 0.3) is 5.91 Å². The fourth-order valence-electron chi connectivity index (χ4n) is 3.70. The summed E-state index contributed by atoms with van der Waals surface area (Å²) < 4.78 is 5.73. The predicted octanol–water partition coefficient (Wildman–Crippen LogP) is 3.87. The molecule has 1 saturated heterocycles. The molecule has 31 heavy (non-hydrogen) atoms. The summed E-state index contributed by atoms with van der Waals surface area (Å²) in [5.74, 6) is 0.934. The van der Waals surface area contributed by atoms with Crippen molar-refractivity contribution in [2.45, 2.75) is 39.0 Å². The summed E-state index contributed by atoms with van der Waals surface area (Å²) >= 11 is 1.78. The molecule has 2 heterocycles. The third-order valence-electron chi connectivity index (χ3n) is 5.21. The minimum Gasteiger partial charge on any atom is -0.372 e. The maximum absolute atomic E-state index is 12.8. The van der Waals surface area contributed by atoms with E-state index in [0.29, 0.717) is 19.6 Å². The van der Waals surface area contributed by atoms with Gasteiger partial charge in [0.2, 0.25) is 0 Å². The zero-order chi connectivity index (χ0) is 21.5. The number of nitrogens with zero attached hydrogens (tertiary/aromatic N) is 3. The van der Waals surface area contributed by atoms with Gasteiger partial charge in [0, 0.05) is 50.7 Å². The van der Waals surface area contributed by atoms with Gasteiger partial charge < -0.3 is 19.9 Å². The minimum atomic E-state index is 0. The molecule has 1 aliphatic rings. The topological polar surface area (TPSA) is 57.2 Å². The largest absolute Gasteiger partial charge is 0.372 e. The number of carbonyl (C=O) groups is 1. The van der Waals surface area contributed by atoms with E-state index in [1.54, 1.807) is 18.4 Å². The lowest BCUT2D eigenvalue weighted by molar-refractivity contribution is -0.0586. The van der Waals surface area contributed by atoms with E-state index in [1.165, 1.54) is 4.88 Å². The zero-order valence-corrected chi connectivity index (χ0v) is 21.9. The molecule has 2 unspecified atom stereocenters. The number of rotatable bonds is 6. The molecule has 0 aliphatic carbocycles. The number of hydrogen-bond acceptors (Lipinski definition) is 4. The molecular formula is C23H33IN4O2S. The number of nitrogens with one attached hydrogen (secondary N) is 1. The van der Waals surface area contributed by atoms with Gasteiger partial charge in [-0.15, -0.1) is 35.3 Å². The Labute approximate surface area is 206 Å². The maximum Gasteiger partial charge on any atom is 0.254 e. The normalized spacial score (nSPS) is 19.0. The van der Waals surface area contributed by atoms with Gasteiger partial charge >= 0.3 is 0 Å². The summed E-state index contributed by atoms with van der Waals surface area (Å²) in [6.45, 7) is 6.87. The third-order valence-corrected chi connectivity index (χ3v) is 6.14. The molecule has 8 heteroatoms. The van der Waals surface area contributed by atoms with Crippen LogP contribution in [-0.4, -0.2) is 67.6 Å². The van der Waals surface area contributed by atoms with Crippen molar-refractivity contribution in [2.24, 2.45) is 4.99 Å². The Morgan fingerprint density at radius 1 is 1.23 bits per heavy atom. The lowest BCUT2D eigenvalue weighted by Crippen LogP contribution is -2.48. The van der Waals surface area contributed by atoms with Crippen molar-refractivity contribution >= 4 is 47.2 Å².